The number of rotatable bonds is 5. The van der Waals surface area contributed by atoms with E-state index in [9.17, 15) is 0 Å². The topological polar surface area (TPSA) is 18.5 Å². The number of likely N-dealkylation sites (tertiary alicyclic amines) is 1. The Morgan fingerprint density at radius 3 is 2.65 bits per heavy atom. The Bertz CT molecular complexity index is 303. The molecule has 0 radical (unpaired) electrons. The second-order valence-electron chi connectivity index (χ2n) is 8.00. The molecule has 3 unspecified atom stereocenters. The standard InChI is InChI=1S/C17H35N3/c1-6-18-15-7-9-17(2,3)11-16(15)20(5)13-14-8-10-19(4)12-14/h14-16,18H,6-13H2,1-5H3. The van der Waals surface area contributed by atoms with Gasteiger partial charge in [0.2, 0.25) is 0 Å². The minimum Gasteiger partial charge on any atom is -0.313 e. The largest absolute Gasteiger partial charge is 0.313 e. The molecule has 3 atom stereocenters. The van der Waals surface area contributed by atoms with Crippen LogP contribution in [0.2, 0.25) is 0 Å². The number of likely N-dealkylation sites (N-methyl/N-ethyl adjacent to an activating group) is 2. The average Bonchev–Trinajstić information content (AvgIpc) is 2.77. The van der Waals surface area contributed by atoms with Crippen molar-refractivity contribution in [1.82, 2.24) is 15.1 Å². The highest BCUT2D eigenvalue weighted by Gasteiger charge is 2.37. The molecule has 3 nitrogen and oxygen atoms in total. The summed E-state index contributed by atoms with van der Waals surface area (Å²) in [5.41, 5.74) is 0.511. The van der Waals surface area contributed by atoms with Gasteiger partial charge in [0.05, 0.1) is 0 Å². The normalized spacial score (nSPS) is 34.8. The summed E-state index contributed by atoms with van der Waals surface area (Å²) in [5, 5.41) is 3.73. The minimum absolute atomic E-state index is 0.511. The van der Waals surface area contributed by atoms with Crippen LogP contribution < -0.4 is 5.32 Å². The van der Waals surface area contributed by atoms with Crippen molar-refractivity contribution < 1.29 is 0 Å². The van der Waals surface area contributed by atoms with E-state index in [0.717, 1.165) is 12.5 Å². The molecule has 20 heavy (non-hydrogen) atoms. The fourth-order valence-electron chi connectivity index (χ4n) is 4.23. The van der Waals surface area contributed by atoms with Crippen molar-refractivity contribution in [2.75, 3.05) is 40.3 Å². The van der Waals surface area contributed by atoms with Crippen LogP contribution in [0.3, 0.4) is 0 Å². The van der Waals surface area contributed by atoms with Crippen molar-refractivity contribution in [2.24, 2.45) is 11.3 Å². The number of nitrogens with zero attached hydrogens (tertiary/aromatic N) is 2. The first-order valence-electron chi connectivity index (χ1n) is 8.53. The minimum atomic E-state index is 0.511. The highest BCUT2D eigenvalue weighted by atomic mass is 15.2. The number of nitrogens with one attached hydrogen (secondary N) is 1. The molecule has 1 N–H and O–H groups in total. The maximum atomic E-state index is 3.73. The zero-order valence-electron chi connectivity index (χ0n) is 14.3. The summed E-state index contributed by atoms with van der Waals surface area (Å²) in [4.78, 5) is 5.14. The predicted molar refractivity (Wildman–Crippen MR) is 87.1 cm³/mol. The van der Waals surface area contributed by atoms with Gasteiger partial charge in [0.1, 0.15) is 0 Å². The first-order valence-corrected chi connectivity index (χ1v) is 8.53. The van der Waals surface area contributed by atoms with Crippen LogP contribution in [0, 0.1) is 11.3 Å². The lowest BCUT2D eigenvalue weighted by atomic mass is 9.72. The molecule has 1 heterocycles. The van der Waals surface area contributed by atoms with Crippen LogP contribution in [0.25, 0.3) is 0 Å². The van der Waals surface area contributed by atoms with Crippen LogP contribution in [0.4, 0.5) is 0 Å². The van der Waals surface area contributed by atoms with Crippen molar-refractivity contribution in [3.8, 4) is 0 Å². The molecule has 0 aromatic rings. The molecule has 3 heteroatoms. The molecule has 0 bridgehead atoms. The Labute approximate surface area is 126 Å². The molecule has 1 aliphatic heterocycles. The van der Waals surface area contributed by atoms with Gasteiger partial charge in [-0.05, 0) is 64.2 Å². The van der Waals surface area contributed by atoms with Crippen LogP contribution in [0.5, 0.6) is 0 Å². The van der Waals surface area contributed by atoms with Crippen LogP contribution in [-0.4, -0.2) is 62.2 Å². The molecule has 1 saturated carbocycles. The van der Waals surface area contributed by atoms with Crippen LogP contribution in [-0.2, 0) is 0 Å². The first kappa shape index (κ1) is 16.3. The van der Waals surface area contributed by atoms with Crippen LogP contribution in [0.15, 0.2) is 0 Å². The zero-order chi connectivity index (χ0) is 14.8. The van der Waals surface area contributed by atoms with Crippen molar-refractivity contribution in [1.29, 1.82) is 0 Å². The van der Waals surface area contributed by atoms with Gasteiger partial charge in [-0.15, -0.1) is 0 Å². The molecule has 2 fully saturated rings. The van der Waals surface area contributed by atoms with E-state index in [1.807, 2.05) is 0 Å². The Balaban J connectivity index is 1.94. The summed E-state index contributed by atoms with van der Waals surface area (Å²) in [7, 11) is 4.61. The first-order chi connectivity index (χ1) is 9.41. The van der Waals surface area contributed by atoms with Gasteiger partial charge in [0, 0.05) is 25.2 Å². The second kappa shape index (κ2) is 6.76. The Kier molecular flexibility index (Phi) is 5.49. The van der Waals surface area contributed by atoms with E-state index in [1.165, 1.54) is 45.3 Å². The monoisotopic (exact) mass is 281 g/mol. The van der Waals surface area contributed by atoms with E-state index >= 15 is 0 Å². The molecule has 0 amide bonds. The van der Waals surface area contributed by atoms with Gasteiger partial charge in [0.25, 0.3) is 0 Å². The molecule has 1 saturated heterocycles. The van der Waals surface area contributed by atoms with E-state index in [0.29, 0.717) is 17.5 Å². The lowest BCUT2D eigenvalue weighted by molar-refractivity contribution is 0.0733. The van der Waals surface area contributed by atoms with E-state index < -0.39 is 0 Å². The number of hydrogen-bond donors (Lipinski definition) is 1. The van der Waals surface area contributed by atoms with E-state index in [-0.39, 0.29) is 0 Å². The zero-order valence-corrected chi connectivity index (χ0v) is 14.3. The SMILES string of the molecule is CCNC1CCC(C)(C)CC1N(C)CC1CCN(C)C1. The van der Waals surface area contributed by atoms with Crippen molar-refractivity contribution in [3.05, 3.63) is 0 Å². The average molecular weight is 281 g/mol. The van der Waals surface area contributed by atoms with Crippen molar-refractivity contribution in [3.63, 3.8) is 0 Å². The van der Waals surface area contributed by atoms with Gasteiger partial charge >= 0.3 is 0 Å². The molecule has 0 aromatic heterocycles. The predicted octanol–water partition coefficient (Wildman–Crippen LogP) is 2.43. The van der Waals surface area contributed by atoms with Gasteiger partial charge in [-0.1, -0.05) is 20.8 Å². The Hall–Kier alpha value is -0.120. The summed E-state index contributed by atoms with van der Waals surface area (Å²) < 4.78 is 0. The Morgan fingerprint density at radius 2 is 2.05 bits per heavy atom. The summed E-state index contributed by atoms with van der Waals surface area (Å²) >= 11 is 0. The van der Waals surface area contributed by atoms with Gasteiger partial charge < -0.3 is 15.1 Å². The van der Waals surface area contributed by atoms with Crippen molar-refractivity contribution >= 4 is 0 Å². The maximum Gasteiger partial charge on any atom is 0.0251 e. The summed E-state index contributed by atoms with van der Waals surface area (Å²) in [6, 6.07) is 1.40. The summed E-state index contributed by atoms with van der Waals surface area (Å²) in [6.45, 7) is 12.1. The molecular formula is C17H35N3. The number of hydrogen-bond acceptors (Lipinski definition) is 3. The summed E-state index contributed by atoms with van der Waals surface area (Å²) in [5.74, 6) is 0.873. The highest BCUT2D eigenvalue weighted by molar-refractivity contribution is 4.94. The molecule has 2 aliphatic rings. The quantitative estimate of drug-likeness (QED) is 0.835. The van der Waals surface area contributed by atoms with Gasteiger partial charge in [-0.2, -0.15) is 0 Å². The van der Waals surface area contributed by atoms with E-state index in [1.54, 1.807) is 0 Å². The third kappa shape index (κ3) is 4.19. The van der Waals surface area contributed by atoms with Crippen molar-refractivity contribution in [2.45, 2.75) is 58.5 Å². The fraction of sp³-hybridized carbons (Fsp3) is 1.00. The lowest BCUT2D eigenvalue weighted by Crippen LogP contribution is -2.54. The van der Waals surface area contributed by atoms with Crippen LogP contribution in [0.1, 0.15) is 46.5 Å². The lowest BCUT2D eigenvalue weighted by Gasteiger charge is -2.45. The molecule has 2 rings (SSSR count). The van der Waals surface area contributed by atoms with E-state index in [4.69, 9.17) is 0 Å². The molecule has 1 aliphatic carbocycles. The van der Waals surface area contributed by atoms with Gasteiger partial charge in [-0.3, -0.25) is 0 Å². The smallest absolute Gasteiger partial charge is 0.0251 e. The second-order valence-corrected chi connectivity index (χ2v) is 8.00. The van der Waals surface area contributed by atoms with Gasteiger partial charge in [0.15, 0.2) is 0 Å². The molecular weight excluding hydrogens is 246 g/mol. The van der Waals surface area contributed by atoms with Gasteiger partial charge in [-0.25, -0.2) is 0 Å². The molecule has 0 aromatic carbocycles. The van der Waals surface area contributed by atoms with Crippen LogP contribution >= 0.6 is 0 Å². The summed E-state index contributed by atoms with van der Waals surface area (Å²) in [6.07, 6.45) is 5.41. The molecule has 118 valence electrons. The third-order valence-electron chi connectivity index (χ3n) is 5.43. The maximum absolute atomic E-state index is 3.73. The van der Waals surface area contributed by atoms with E-state index in [2.05, 4.69) is 50.0 Å². The highest BCUT2D eigenvalue weighted by Crippen LogP contribution is 2.37. The third-order valence-corrected chi connectivity index (χ3v) is 5.43. The molecule has 0 spiro atoms. The Morgan fingerprint density at radius 1 is 1.30 bits per heavy atom. The fourth-order valence-corrected chi connectivity index (χ4v) is 4.23.